The molecular formula is C20H20F9N5O4. The first-order valence-corrected chi connectivity index (χ1v) is 11.0. The number of hydrogen-bond acceptors (Lipinski definition) is 6. The number of alkyl halides is 9. The molecule has 2 aliphatic heterocycles. The van der Waals surface area contributed by atoms with Crippen LogP contribution in [0.15, 0.2) is 0 Å². The lowest BCUT2D eigenvalue weighted by Gasteiger charge is -2.36. The summed E-state index contributed by atoms with van der Waals surface area (Å²) in [6, 6.07) is 0. The van der Waals surface area contributed by atoms with Gasteiger partial charge >= 0.3 is 24.6 Å². The van der Waals surface area contributed by atoms with Crippen LogP contribution in [0.1, 0.15) is 42.0 Å². The van der Waals surface area contributed by atoms with Crippen molar-refractivity contribution in [1.29, 1.82) is 0 Å². The molecule has 1 aromatic rings. The van der Waals surface area contributed by atoms with Crippen LogP contribution in [0.3, 0.4) is 0 Å². The summed E-state index contributed by atoms with van der Waals surface area (Å²) in [7, 11) is 0. The first-order valence-electron chi connectivity index (χ1n) is 11.0. The van der Waals surface area contributed by atoms with E-state index >= 15 is 0 Å². The van der Waals surface area contributed by atoms with Crippen LogP contribution in [0, 0.1) is 5.92 Å². The minimum absolute atomic E-state index is 0.397. The number of carbonyl (C=O) groups is 3. The maximum atomic E-state index is 13.3. The Bertz CT molecular complexity index is 1090. The average molecular weight is 565 g/mol. The zero-order valence-electron chi connectivity index (χ0n) is 19.2. The van der Waals surface area contributed by atoms with E-state index in [-0.39, 0.29) is 0 Å². The van der Waals surface area contributed by atoms with E-state index in [1.165, 1.54) is 0 Å². The van der Waals surface area contributed by atoms with Crippen molar-refractivity contribution in [3.63, 3.8) is 0 Å². The van der Waals surface area contributed by atoms with Crippen molar-refractivity contribution < 1.29 is 58.6 Å². The van der Waals surface area contributed by atoms with E-state index in [0.29, 0.717) is 0 Å². The minimum atomic E-state index is -5.31. The molecule has 0 saturated carbocycles. The molecular weight excluding hydrogens is 545 g/mol. The molecule has 38 heavy (non-hydrogen) atoms. The number of piperidine rings is 1. The Morgan fingerprint density at radius 3 is 2.24 bits per heavy atom. The van der Waals surface area contributed by atoms with Gasteiger partial charge in [-0.1, -0.05) is 0 Å². The molecule has 0 bridgehead atoms. The Morgan fingerprint density at radius 2 is 1.68 bits per heavy atom. The van der Waals surface area contributed by atoms with Gasteiger partial charge in [0.15, 0.2) is 5.69 Å². The molecule has 1 saturated heterocycles. The largest absolute Gasteiger partial charge is 0.451 e. The predicted molar refractivity (Wildman–Crippen MR) is 106 cm³/mol. The molecule has 1 unspecified atom stereocenters. The van der Waals surface area contributed by atoms with Gasteiger partial charge in [0, 0.05) is 25.1 Å². The molecule has 3 rings (SSSR count). The highest BCUT2D eigenvalue weighted by Crippen LogP contribution is 2.37. The number of fused-ring (bicyclic) bond motifs is 1. The second-order valence-electron chi connectivity index (χ2n) is 8.72. The highest BCUT2D eigenvalue weighted by molar-refractivity contribution is 5.79. The fourth-order valence-electron chi connectivity index (χ4n) is 4.24. The highest BCUT2D eigenvalue weighted by atomic mass is 19.4. The number of primary amides is 1. The van der Waals surface area contributed by atoms with Crippen LogP contribution in [0.5, 0.6) is 0 Å². The van der Waals surface area contributed by atoms with E-state index in [1.54, 1.807) is 0 Å². The molecule has 2 aliphatic rings. The Labute approximate surface area is 208 Å². The normalized spacial score (nSPS) is 19.7. The maximum Gasteiger partial charge on any atom is 0.451 e. The number of rotatable bonds is 5. The van der Waals surface area contributed by atoms with Gasteiger partial charge in [0.1, 0.15) is 6.10 Å². The van der Waals surface area contributed by atoms with Crippen molar-refractivity contribution in [2.75, 3.05) is 19.6 Å². The summed E-state index contributed by atoms with van der Waals surface area (Å²) in [6.07, 6.45) is -20.3. The highest BCUT2D eigenvalue weighted by Gasteiger charge is 2.45. The van der Waals surface area contributed by atoms with Gasteiger partial charge < -0.3 is 20.3 Å². The summed E-state index contributed by atoms with van der Waals surface area (Å²) in [5.41, 5.74) is 1.88. The monoisotopic (exact) mass is 565 g/mol. The zero-order valence-corrected chi connectivity index (χ0v) is 19.2. The van der Waals surface area contributed by atoms with Crippen LogP contribution in [0.25, 0.3) is 0 Å². The number of likely N-dealkylation sites (tertiary alicyclic amines) is 1. The smallest absolute Gasteiger partial charge is 0.444 e. The summed E-state index contributed by atoms with van der Waals surface area (Å²) in [5, 5.41) is 0. The average Bonchev–Trinajstić information content (AvgIpc) is 2.76. The third kappa shape index (κ3) is 6.94. The van der Waals surface area contributed by atoms with E-state index in [0.717, 1.165) is 9.80 Å². The SMILES string of the molecule is NC(=O)O[C@@H](CC(=O)N1CCc2c(nc(C(F)(F)F)nc2C(F)(F)F)C1)CN1CC(C(F)(F)F)CCC1=O. The molecule has 0 aromatic carbocycles. The van der Waals surface area contributed by atoms with Crippen LogP contribution in [-0.4, -0.2) is 69.6 Å². The van der Waals surface area contributed by atoms with E-state index < -0.39 is 123 Å². The number of amides is 3. The van der Waals surface area contributed by atoms with Crippen molar-refractivity contribution in [1.82, 2.24) is 19.8 Å². The Hall–Kier alpha value is -3.34. The van der Waals surface area contributed by atoms with Gasteiger partial charge in [0.2, 0.25) is 17.6 Å². The first-order chi connectivity index (χ1) is 17.4. The van der Waals surface area contributed by atoms with E-state index in [1.807, 2.05) is 0 Å². The molecule has 9 nitrogen and oxygen atoms in total. The van der Waals surface area contributed by atoms with Gasteiger partial charge in [0.25, 0.3) is 0 Å². The Morgan fingerprint density at radius 1 is 1.03 bits per heavy atom. The number of hydrogen-bond donors (Lipinski definition) is 1. The molecule has 0 spiro atoms. The lowest BCUT2D eigenvalue weighted by molar-refractivity contribution is -0.190. The lowest BCUT2D eigenvalue weighted by atomic mass is 9.96. The fraction of sp³-hybridized carbons (Fsp3) is 0.650. The van der Waals surface area contributed by atoms with Crippen LogP contribution in [-0.2, 0) is 39.6 Å². The number of nitrogens with two attached hydrogens (primary N) is 1. The molecule has 2 atom stereocenters. The second-order valence-corrected chi connectivity index (χ2v) is 8.72. The fourth-order valence-corrected chi connectivity index (χ4v) is 4.24. The molecule has 2 N–H and O–H groups in total. The van der Waals surface area contributed by atoms with Gasteiger partial charge in [0.05, 0.1) is 31.1 Å². The third-order valence-electron chi connectivity index (χ3n) is 6.01. The van der Waals surface area contributed by atoms with E-state index in [2.05, 4.69) is 9.97 Å². The topological polar surface area (TPSA) is 119 Å². The molecule has 1 fully saturated rings. The number of halogens is 9. The quantitative estimate of drug-likeness (QED) is 0.549. The number of aromatic nitrogens is 2. The molecule has 0 aliphatic carbocycles. The van der Waals surface area contributed by atoms with Crippen molar-refractivity contribution in [3.05, 3.63) is 22.8 Å². The Kier molecular flexibility index (Phi) is 8.02. The molecule has 18 heteroatoms. The van der Waals surface area contributed by atoms with Crippen molar-refractivity contribution in [2.24, 2.45) is 11.7 Å². The maximum absolute atomic E-state index is 13.3. The predicted octanol–water partition coefficient (Wildman–Crippen LogP) is 3.05. The summed E-state index contributed by atoms with van der Waals surface area (Å²) in [5.74, 6) is -5.52. The van der Waals surface area contributed by atoms with Gasteiger partial charge in [-0.2, -0.15) is 39.5 Å². The van der Waals surface area contributed by atoms with Crippen molar-refractivity contribution in [2.45, 2.75) is 56.9 Å². The molecule has 212 valence electrons. The summed E-state index contributed by atoms with van der Waals surface area (Å²) < 4.78 is 123. The number of ether oxygens (including phenoxy) is 1. The lowest BCUT2D eigenvalue weighted by Crippen LogP contribution is -2.49. The summed E-state index contributed by atoms with van der Waals surface area (Å²) in [6.45, 7) is -2.57. The second kappa shape index (κ2) is 10.4. The number of nitrogens with zero attached hydrogens (tertiary/aromatic N) is 4. The summed E-state index contributed by atoms with van der Waals surface area (Å²) in [4.78, 5) is 43.7. The standard InChI is InChI=1S/C20H20F9N5O4/c21-18(22,23)9-1-2-13(35)34(6-9)7-10(38-17(30)37)5-14(36)33-4-3-11-12(8-33)31-16(20(27,28)29)32-15(11)19(24,25)26/h9-10H,1-8H2,(H2,30,37)/t9?,10-/m0/s1. The van der Waals surface area contributed by atoms with Gasteiger partial charge in [-0.05, 0) is 12.8 Å². The third-order valence-corrected chi connectivity index (χ3v) is 6.01. The van der Waals surface area contributed by atoms with Crippen molar-refractivity contribution in [3.8, 4) is 0 Å². The first kappa shape index (κ1) is 29.2. The van der Waals surface area contributed by atoms with Crippen LogP contribution in [0.4, 0.5) is 44.3 Å². The van der Waals surface area contributed by atoms with E-state index in [9.17, 15) is 53.9 Å². The molecule has 3 heterocycles. The summed E-state index contributed by atoms with van der Waals surface area (Å²) >= 11 is 0. The van der Waals surface area contributed by atoms with Crippen LogP contribution in [0.2, 0.25) is 0 Å². The van der Waals surface area contributed by atoms with Crippen molar-refractivity contribution >= 4 is 17.9 Å². The molecule has 3 amide bonds. The molecule has 1 aromatic heterocycles. The van der Waals surface area contributed by atoms with Gasteiger partial charge in [-0.25, -0.2) is 14.8 Å². The minimum Gasteiger partial charge on any atom is -0.444 e. The van der Waals surface area contributed by atoms with Crippen LogP contribution >= 0.6 is 0 Å². The van der Waals surface area contributed by atoms with Crippen LogP contribution < -0.4 is 5.73 Å². The van der Waals surface area contributed by atoms with Gasteiger partial charge in [-0.3, -0.25) is 9.59 Å². The zero-order chi connectivity index (χ0) is 28.6. The number of carbonyl (C=O) groups excluding carboxylic acids is 3. The Balaban J connectivity index is 1.79. The van der Waals surface area contributed by atoms with E-state index in [4.69, 9.17) is 10.5 Å². The molecule has 0 radical (unpaired) electrons. The van der Waals surface area contributed by atoms with Gasteiger partial charge in [-0.15, -0.1) is 0 Å².